The van der Waals surface area contributed by atoms with Crippen molar-refractivity contribution in [1.82, 2.24) is 4.31 Å². The van der Waals surface area contributed by atoms with Crippen molar-refractivity contribution in [3.63, 3.8) is 0 Å². The standard InChI is InChI=1S/C23H29NO4S/c1-17-10-12-21(13-11-17)29(26,27)24-15-19(18-8-6-5-7-9-18)14-20(16-24)28-22(25)23(2,3)4/h5-13,19-20H,14-16H2,1-4H3/t19-,20+/m0/s1. The molecule has 1 fully saturated rings. The lowest BCUT2D eigenvalue weighted by molar-refractivity contribution is -0.160. The zero-order valence-electron chi connectivity index (χ0n) is 17.5. The predicted octanol–water partition coefficient (Wildman–Crippen LogP) is 4.13. The fourth-order valence-corrected chi connectivity index (χ4v) is 4.97. The Morgan fingerprint density at radius 2 is 1.62 bits per heavy atom. The number of ether oxygens (including phenoxy) is 1. The van der Waals surface area contributed by atoms with Gasteiger partial charge in [0.25, 0.3) is 0 Å². The minimum absolute atomic E-state index is 0.0389. The third-order valence-corrected chi connectivity index (χ3v) is 7.04. The maximum Gasteiger partial charge on any atom is 0.311 e. The summed E-state index contributed by atoms with van der Waals surface area (Å²) >= 11 is 0. The minimum atomic E-state index is -3.68. The van der Waals surface area contributed by atoms with Crippen molar-refractivity contribution in [1.29, 1.82) is 0 Å². The first-order chi connectivity index (χ1) is 13.6. The van der Waals surface area contributed by atoms with Gasteiger partial charge in [-0.1, -0.05) is 48.0 Å². The van der Waals surface area contributed by atoms with Crippen molar-refractivity contribution in [2.45, 2.75) is 51.0 Å². The van der Waals surface area contributed by atoms with Gasteiger partial charge in [-0.15, -0.1) is 0 Å². The summed E-state index contributed by atoms with van der Waals surface area (Å²) in [4.78, 5) is 12.7. The SMILES string of the molecule is Cc1ccc(S(=O)(=O)N2C[C@H](OC(=O)C(C)(C)C)C[C@H](c3ccccc3)C2)cc1. The van der Waals surface area contributed by atoms with E-state index in [4.69, 9.17) is 4.74 Å². The predicted molar refractivity (Wildman–Crippen MR) is 113 cm³/mol. The number of esters is 1. The molecule has 1 heterocycles. The maximum absolute atomic E-state index is 13.3. The number of carbonyl (C=O) groups excluding carboxylic acids is 1. The van der Waals surface area contributed by atoms with E-state index in [1.807, 2.05) is 37.3 Å². The summed E-state index contributed by atoms with van der Waals surface area (Å²) in [6.45, 7) is 7.85. The highest BCUT2D eigenvalue weighted by Gasteiger charge is 2.38. The van der Waals surface area contributed by atoms with E-state index in [1.165, 1.54) is 4.31 Å². The van der Waals surface area contributed by atoms with Crippen molar-refractivity contribution in [3.05, 3.63) is 65.7 Å². The molecule has 0 aliphatic carbocycles. The number of nitrogens with zero attached hydrogens (tertiary/aromatic N) is 1. The number of rotatable bonds is 4. The smallest absolute Gasteiger partial charge is 0.311 e. The third-order valence-electron chi connectivity index (χ3n) is 5.19. The second kappa shape index (κ2) is 8.28. The van der Waals surface area contributed by atoms with Crippen LogP contribution in [0.1, 0.15) is 44.2 Å². The van der Waals surface area contributed by atoms with Crippen molar-refractivity contribution < 1.29 is 17.9 Å². The van der Waals surface area contributed by atoms with Gasteiger partial charge in [-0.3, -0.25) is 4.79 Å². The minimum Gasteiger partial charge on any atom is -0.461 e. The lowest BCUT2D eigenvalue weighted by Gasteiger charge is -2.37. The average Bonchev–Trinajstić information content (AvgIpc) is 2.68. The van der Waals surface area contributed by atoms with Gasteiger partial charge in [0, 0.05) is 12.5 Å². The Morgan fingerprint density at radius 1 is 1.00 bits per heavy atom. The first kappa shape index (κ1) is 21.5. The number of aryl methyl sites for hydroxylation is 1. The Balaban J connectivity index is 1.91. The number of benzene rings is 2. The number of hydrogen-bond acceptors (Lipinski definition) is 4. The molecule has 1 aliphatic heterocycles. The molecule has 0 amide bonds. The van der Waals surface area contributed by atoms with Crippen LogP contribution >= 0.6 is 0 Å². The molecule has 0 spiro atoms. The topological polar surface area (TPSA) is 63.7 Å². The van der Waals surface area contributed by atoms with Gasteiger partial charge >= 0.3 is 5.97 Å². The molecule has 5 nitrogen and oxygen atoms in total. The highest BCUT2D eigenvalue weighted by Crippen LogP contribution is 2.32. The van der Waals surface area contributed by atoms with Crippen LogP contribution in [0.2, 0.25) is 0 Å². The Bertz CT molecular complexity index is 947. The summed E-state index contributed by atoms with van der Waals surface area (Å²) in [7, 11) is -3.68. The highest BCUT2D eigenvalue weighted by atomic mass is 32.2. The fourth-order valence-electron chi connectivity index (χ4n) is 3.45. The highest BCUT2D eigenvalue weighted by molar-refractivity contribution is 7.89. The van der Waals surface area contributed by atoms with Crippen LogP contribution in [0.5, 0.6) is 0 Å². The zero-order valence-corrected chi connectivity index (χ0v) is 18.3. The van der Waals surface area contributed by atoms with Gasteiger partial charge in [-0.2, -0.15) is 4.31 Å². The molecule has 0 saturated carbocycles. The first-order valence-corrected chi connectivity index (χ1v) is 11.3. The van der Waals surface area contributed by atoms with Gasteiger partial charge in [0.1, 0.15) is 6.10 Å². The van der Waals surface area contributed by atoms with Crippen LogP contribution in [0.3, 0.4) is 0 Å². The number of piperidine rings is 1. The van der Waals surface area contributed by atoms with E-state index in [2.05, 4.69) is 0 Å². The van der Waals surface area contributed by atoms with Gasteiger partial charge in [-0.25, -0.2) is 8.42 Å². The molecule has 1 aliphatic rings. The van der Waals surface area contributed by atoms with Crippen LogP contribution in [-0.4, -0.2) is 37.9 Å². The Kier molecular flexibility index (Phi) is 6.15. The quantitative estimate of drug-likeness (QED) is 0.705. The molecule has 2 aromatic carbocycles. The summed E-state index contributed by atoms with van der Waals surface area (Å²) in [5, 5.41) is 0. The van der Waals surface area contributed by atoms with Crippen molar-refractivity contribution >= 4 is 16.0 Å². The van der Waals surface area contributed by atoms with Gasteiger partial charge in [-0.05, 0) is 51.8 Å². The van der Waals surface area contributed by atoms with Crippen molar-refractivity contribution in [2.24, 2.45) is 5.41 Å². The van der Waals surface area contributed by atoms with Crippen molar-refractivity contribution in [3.8, 4) is 0 Å². The molecule has 0 unspecified atom stereocenters. The molecule has 2 aromatic rings. The molecule has 3 rings (SSSR count). The van der Waals surface area contributed by atoms with E-state index >= 15 is 0 Å². The van der Waals surface area contributed by atoms with E-state index < -0.39 is 21.5 Å². The molecule has 156 valence electrons. The molecule has 0 radical (unpaired) electrons. The maximum atomic E-state index is 13.3. The monoisotopic (exact) mass is 415 g/mol. The molecule has 0 N–H and O–H groups in total. The normalized spacial score (nSPS) is 21.0. The largest absolute Gasteiger partial charge is 0.461 e. The van der Waals surface area contributed by atoms with Gasteiger partial charge < -0.3 is 4.74 Å². The van der Waals surface area contributed by atoms with Gasteiger partial charge in [0.2, 0.25) is 10.0 Å². The Hall–Kier alpha value is -2.18. The molecule has 6 heteroatoms. The van der Waals surface area contributed by atoms with E-state index in [0.29, 0.717) is 13.0 Å². The second-order valence-electron chi connectivity index (χ2n) is 8.76. The molecular weight excluding hydrogens is 386 g/mol. The molecular formula is C23H29NO4S. The number of sulfonamides is 1. The number of carbonyl (C=O) groups is 1. The van der Waals surface area contributed by atoms with Crippen LogP contribution in [0, 0.1) is 12.3 Å². The Labute approximate surface area is 173 Å². The van der Waals surface area contributed by atoms with Crippen LogP contribution < -0.4 is 0 Å². The lowest BCUT2D eigenvalue weighted by atomic mass is 9.90. The molecule has 1 saturated heterocycles. The van der Waals surface area contributed by atoms with Crippen molar-refractivity contribution in [2.75, 3.05) is 13.1 Å². The zero-order chi connectivity index (χ0) is 21.2. The van der Waals surface area contributed by atoms with E-state index in [0.717, 1.165) is 11.1 Å². The lowest BCUT2D eigenvalue weighted by Crippen LogP contribution is -2.47. The van der Waals surface area contributed by atoms with Crippen LogP contribution in [-0.2, 0) is 19.6 Å². The third kappa shape index (κ3) is 5.06. The average molecular weight is 416 g/mol. The summed E-state index contributed by atoms with van der Waals surface area (Å²) in [6, 6.07) is 16.7. The molecule has 29 heavy (non-hydrogen) atoms. The van der Waals surface area contributed by atoms with Crippen LogP contribution in [0.15, 0.2) is 59.5 Å². The van der Waals surface area contributed by atoms with E-state index in [1.54, 1.807) is 45.0 Å². The molecule has 0 bridgehead atoms. The summed E-state index contributed by atoms with van der Waals surface area (Å²) < 4.78 is 33.8. The summed E-state index contributed by atoms with van der Waals surface area (Å²) in [5.74, 6) is -0.355. The second-order valence-corrected chi connectivity index (χ2v) is 10.7. The number of hydrogen-bond donors (Lipinski definition) is 0. The Morgan fingerprint density at radius 3 is 2.21 bits per heavy atom. The van der Waals surface area contributed by atoms with E-state index in [-0.39, 0.29) is 23.3 Å². The first-order valence-electron chi connectivity index (χ1n) is 9.90. The molecule has 2 atom stereocenters. The molecule has 0 aromatic heterocycles. The van der Waals surface area contributed by atoms with Gasteiger partial charge in [0.05, 0.1) is 16.9 Å². The van der Waals surface area contributed by atoms with Crippen LogP contribution in [0.25, 0.3) is 0 Å². The van der Waals surface area contributed by atoms with Crippen LogP contribution in [0.4, 0.5) is 0 Å². The van der Waals surface area contributed by atoms with Gasteiger partial charge in [0.15, 0.2) is 0 Å². The fraction of sp³-hybridized carbons (Fsp3) is 0.435. The van der Waals surface area contributed by atoms with E-state index in [9.17, 15) is 13.2 Å². The summed E-state index contributed by atoms with van der Waals surface area (Å²) in [6.07, 6.45) is 0.118. The summed E-state index contributed by atoms with van der Waals surface area (Å²) in [5.41, 5.74) is 1.41.